The summed E-state index contributed by atoms with van der Waals surface area (Å²) in [6.45, 7) is 3.48. The normalized spacial score (nSPS) is 10.2. The van der Waals surface area contributed by atoms with E-state index >= 15 is 0 Å². The van der Waals surface area contributed by atoms with E-state index in [1.54, 1.807) is 4.68 Å². The SMILES string of the molecule is C=CC(=O)Nc1cc(-c2ccccc2)nn1-c1ccccc1. The summed E-state index contributed by atoms with van der Waals surface area (Å²) in [7, 11) is 0. The van der Waals surface area contributed by atoms with Crippen molar-refractivity contribution >= 4 is 11.7 Å². The zero-order valence-electron chi connectivity index (χ0n) is 11.9. The van der Waals surface area contributed by atoms with E-state index in [1.807, 2.05) is 66.7 Å². The number of rotatable bonds is 4. The fourth-order valence-corrected chi connectivity index (χ4v) is 2.16. The molecular weight excluding hydrogens is 274 g/mol. The lowest BCUT2D eigenvalue weighted by Gasteiger charge is -2.06. The van der Waals surface area contributed by atoms with Crippen LogP contribution in [0.25, 0.3) is 16.9 Å². The molecule has 108 valence electrons. The summed E-state index contributed by atoms with van der Waals surface area (Å²) in [6.07, 6.45) is 1.24. The van der Waals surface area contributed by atoms with Crippen LogP contribution in [0.3, 0.4) is 0 Å². The highest BCUT2D eigenvalue weighted by atomic mass is 16.1. The second-order valence-corrected chi connectivity index (χ2v) is 4.72. The minimum Gasteiger partial charge on any atom is -0.307 e. The number of para-hydroxylation sites is 1. The van der Waals surface area contributed by atoms with Crippen molar-refractivity contribution < 1.29 is 4.79 Å². The highest BCUT2D eigenvalue weighted by Gasteiger charge is 2.12. The van der Waals surface area contributed by atoms with E-state index in [9.17, 15) is 4.79 Å². The van der Waals surface area contributed by atoms with Gasteiger partial charge in [-0.05, 0) is 18.2 Å². The Balaban J connectivity index is 2.08. The second kappa shape index (κ2) is 6.10. The van der Waals surface area contributed by atoms with E-state index in [0.29, 0.717) is 5.82 Å². The van der Waals surface area contributed by atoms with E-state index in [4.69, 9.17) is 0 Å². The number of hydrogen-bond donors (Lipinski definition) is 1. The molecule has 0 fully saturated rings. The highest BCUT2D eigenvalue weighted by Crippen LogP contribution is 2.24. The number of benzene rings is 2. The van der Waals surface area contributed by atoms with Crippen molar-refractivity contribution in [2.45, 2.75) is 0 Å². The van der Waals surface area contributed by atoms with Crippen LogP contribution in [-0.2, 0) is 4.79 Å². The predicted octanol–water partition coefficient (Wildman–Crippen LogP) is 3.66. The van der Waals surface area contributed by atoms with Gasteiger partial charge in [0, 0.05) is 11.6 Å². The van der Waals surface area contributed by atoms with Crippen LogP contribution in [0.1, 0.15) is 0 Å². The third-order valence-corrected chi connectivity index (χ3v) is 3.22. The molecule has 2 aromatic carbocycles. The number of hydrogen-bond acceptors (Lipinski definition) is 2. The molecule has 0 aliphatic rings. The van der Waals surface area contributed by atoms with Gasteiger partial charge in [-0.2, -0.15) is 5.10 Å². The molecule has 1 N–H and O–H groups in total. The second-order valence-electron chi connectivity index (χ2n) is 4.72. The molecule has 3 aromatic rings. The summed E-state index contributed by atoms with van der Waals surface area (Å²) in [6, 6.07) is 21.4. The first kappa shape index (κ1) is 13.8. The van der Waals surface area contributed by atoms with Crippen LogP contribution in [0, 0.1) is 0 Å². The Hall–Kier alpha value is -3.14. The maximum absolute atomic E-state index is 11.6. The van der Waals surface area contributed by atoms with E-state index in [-0.39, 0.29) is 5.91 Å². The molecule has 22 heavy (non-hydrogen) atoms. The molecule has 1 amide bonds. The lowest BCUT2D eigenvalue weighted by molar-refractivity contribution is -0.111. The van der Waals surface area contributed by atoms with Crippen molar-refractivity contribution in [1.29, 1.82) is 0 Å². The Labute approximate surface area is 128 Å². The van der Waals surface area contributed by atoms with Crippen molar-refractivity contribution in [1.82, 2.24) is 9.78 Å². The summed E-state index contributed by atoms with van der Waals surface area (Å²) in [5.41, 5.74) is 2.67. The summed E-state index contributed by atoms with van der Waals surface area (Å²) in [5, 5.41) is 7.40. The third-order valence-electron chi connectivity index (χ3n) is 3.22. The topological polar surface area (TPSA) is 46.9 Å². The standard InChI is InChI=1S/C18H15N3O/c1-2-18(22)19-17-13-16(14-9-5-3-6-10-14)20-21(17)15-11-7-4-8-12-15/h2-13H,1H2,(H,19,22). The number of carbonyl (C=O) groups excluding carboxylic acids is 1. The number of aromatic nitrogens is 2. The first-order chi connectivity index (χ1) is 10.8. The van der Waals surface area contributed by atoms with Gasteiger partial charge in [-0.25, -0.2) is 4.68 Å². The number of carbonyl (C=O) groups is 1. The van der Waals surface area contributed by atoms with Crippen molar-refractivity contribution in [3.8, 4) is 16.9 Å². The summed E-state index contributed by atoms with van der Waals surface area (Å²) >= 11 is 0. The minimum atomic E-state index is -0.267. The molecule has 4 nitrogen and oxygen atoms in total. The number of nitrogens with one attached hydrogen (secondary N) is 1. The molecule has 1 heterocycles. The van der Waals surface area contributed by atoms with Crippen LogP contribution >= 0.6 is 0 Å². The van der Waals surface area contributed by atoms with Crippen LogP contribution in [0.5, 0.6) is 0 Å². The molecule has 1 aromatic heterocycles. The molecule has 0 unspecified atom stereocenters. The number of nitrogens with zero attached hydrogens (tertiary/aromatic N) is 2. The molecule has 4 heteroatoms. The fraction of sp³-hybridized carbons (Fsp3) is 0. The smallest absolute Gasteiger partial charge is 0.248 e. The zero-order chi connectivity index (χ0) is 15.4. The van der Waals surface area contributed by atoms with Gasteiger partial charge in [0.2, 0.25) is 5.91 Å². The Kier molecular flexibility index (Phi) is 3.83. The Morgan fingerprint density at radius 1 is 1.05 bits per heavy atom. The van der Waals surface area contributed by atoms with E-state index in [2.05, 4.69) is 17.0 Å². The third kappa shape index (κ3) is 2.81. The van der Waals surface area contributed by atoms with E-state index in [0.717, 1.165) is 16.9 Å². The quantitative estimate of drug-likeness (QED) is 0.745. The zero-order valence-corrected chi connectivity index (χ0v) is 11.9. The van der Waals surface area contributed by atoms with Gasteiger partial charge in [-0.15, -0.1) is 0 Å². The molecule has 0 aliphatic heterocycles. The molecule has 3 rings (SSSR count). The lowest BCUT2D eigenvalue weighted by atomic mass is 10.2. The Morgan fingerprint density at radius 2 is 1.68 bits per heavy atom. The van der Waals surface area contributed by atoms with Crippen LogP contribution in [0.2, 0.25) is 0 Å². The summed E-state index contributed by atoms with van der Waals surface area (Å²) in [5.74, 6) is 0.339. The molecule has 0 atom stereocenters. The van der Waals surface area contributed by atoms with Crippen molar-refractivity contribution in [2.24, 2.45) is 0 Å². The monoisotopic (exact) mass is 289 g/mol. The summed E-state index contributed by atoms with van der Waals surface area (Å²) in [4.78, 5) is 11.6. The molecular formula is C18H15N3O. The number of anilines is 1. The summed E-state index contributed by atoms with van der Waals surface area (Å²) < 4.78 is 1.71. The van der Waals surface area contributed by atoms with Crippen LogP contribution in [0.15, 0.2) is 79.4 Å². The minimum absolute atomic E-state index is 0.267. The van der Waals surface area contributed by atoms with Gasteiger partial charge in [0.15, 0.2) is 0 Å². The lowest BCUT2D eigenvalue weighted by Crippen LogP contribution is -2.11. The van der Waals surface area contributed by atoms with Gasteiger partial charge in [-0.1, -0.05) is 55.1 Å². The molecule has 0 saturated heterocycles. The fourth-order valence-electron chi connectivity index (χ4n) is 2.16. The van der Waals surface area contributed by atoms with E-state index < -0.39 is 0 Å². The molecule has 0 bridgehead atoms. The van der Waals surface area contributed by atoms with Crippen molar-refractivity contribution in [3.05, 3.63) is 79.4 Å². The van der Waals surface area contributed by atoms with Gasteiger partial charge in [0.25, 0.3) is 0 Å². The molecule has 0 radical (unpaired) electrons. The van der Waals surface area contributed by atoms with Crippen molar-refractivity contribution in [2.75, 3.05) is 5.32 Å². The average Bonchev–Trinajstić information content (AvgIpc) is 3.00. The van der Waals surface area contributed by atoms with Gasteiger partial charge in [-0.3, -0.25) is 4.79 Å². The molecule has 0 aliphatic carbocycles. The van der Waals surface area contributed by atoms with Crippen LogP contribution < -0.4 is 5.32 Å². The van der Waals surface area contributed by atoms with Gasteiger partial charge < -0.3 is 5.32 Å². The number of amides is 1. The van der Waals surface area contributed by atoms with Gasteiger partial charge >= 0.3 is 0 Å². The maximum Gasteiger partial charge on any atom is 0.248 e. The highest BCUT2D eigenvalue weighted by molar-refractivity contribution is 5.98. The van der Waals surface area contributed by atoms with E-state index in [1.165, 1.54) is 6.08 Å². The van der Waals surface area contributed by atoms with Gasteiger partial charge in [0.1, 0.15) is 5.82 Å². The Bertz CT molecular complexity index is 792. The largest absolute Gasteiger partial charge is 0.307 e. The van der Waals surface area contributed by atoms with Gasteiger partial charge in [0.05, 0.1) is 11.4 Å². The Morgan fingerprint density at radius 3 is 2.32 bits per heavy atom. The first-order valence-corrected chi connectivity index (χ1v) is 6.92. The van der Waals surface area contributed by atoms with Crippen molar-refractivity contribution in [3.63, 3.8) is 0 Å². The molecule has 0 spiro atoms. The van der Waals surface area contributed by atoms with Crippen LogP contribution in [-0.4, -0.2) is 15.7 Å². The molecule has 0 saturated carbocycles. The predicted molar refractivity (Wildman–Crippen MR) is 87.8 cm³/mol. The average molecular weight is 289 g/mol. The first-order valence-electron chi connectivity index (χ1n) is 6.92. The van der Waals surface area contributed by atoms with Crippen LogP contribution in [0.4, 0.5) is 5.82 Å². The maximum atomic E-state index is 11.6.